The minimum absolute atomic E-state index is 0.0504. The van der Waals surface area contributed by atoms with Gasteiger partial charge in [0.1, 0.15) is 0 Å². The average Bonchev–Trinajstić information content (AvgIpc) is 2.34. The normalized spacial score (nSPS) is 26.3. The zero-order valence-corrected chi connectivity index (χ0v) is 12.0. The minimum Gasteiger partial charge on any atom is -0.352 e. The highest BCUT2D eigenvalue weighted by molar-refractivity contribution is 6.18. The number of halogens is 4. The number of alkyl halides is 4. The van der Waals surface area contributed by atoms with Crippen LogP contribution in [0.4, 0.5) is 13.2 Å². The lowest BCUT2D eigenvalue weighted by atomic mass is 9.78. The van der Waals surface area contributed by atoms with E-state index in [9.17, 15) is 18.0 Å². The second-order valence-corrected chi connectivity index (χ2v) is 5.86. The first kappa shape index (κ1) is 16.6. The lowest BCUT2D eigenvalue weighted by Gasteiger charge is -2.33. The molecular weight excluding hydrogens is 279 g/mol. The standard InChI is InChI=1S/C13H21ClF3NO/c1-8(2)11(7-14)18-12(19)9-5-3-4-6-10(9)13(15,16)17/h8-11H,3-7H2,1-2H3,(H,18,19). The van der Waals surface area contributed by atoms with Crippen LogP contribution in [-0.4, -0.2) is 24.0 Å². The van der Waals surface area contributed by atoms with Gasteiger partial charge in [-0.15, -0.1) is 11.6 Å². The van der Waals surface area contributed by atoms with Gasteiger partial charge in [0.25, 0.3) is 0 Å². The van der Waals surface area contributed by atoms with Gasteiger partial charge in [-0.3, -0.25) is 4.79 Å². The highest BCUT2D eigenvalue weighted by Gasteiger charge is 2.48. The lowest BCUT2D eigenvalue weighted by molar-refractivity contribution is -0.198. The van der Waals surface area contributed by atoms with Gasteiger partial charge in [0.05, 0.1) is 5.92 Å². The molecular formula is C13H21ClF3NO. The molecule has 1 aliphatic rings. The van der Waals surface area contributed by atoms with Gasteiger partial charge in [-0.25, -0.2) is 0 Å². The molecule has 0 aromatic rings. The van der Waals surface area contributed by atoms with Crippen LogP contribution in [0, 0.1) is 17.8 Å². The molecule has 0 heterocycles. The van der Waals surface area contributed by atoms with Crippen LogP contribution in [-0.2, 0) is 4.79 Å². The van der Waals surface area contributed by atoms with Crippen molar-refractivity contribution in [3.63, 3.8) is 0 Å². The predicted octanol–water partition coefficient (Wildman–Crippen LogP) is 3.73. The number of carbonyl (C=O) groups excluding carboxylic acids is 1. The van der Waals surface area contributed by atoms with Gasteiger partial charge in [0, 0.05) is 17.8 Å². The molecule has 1 amide bonds. The summed E-state index contributed by atoms with van der Waals surface area (Å²) in [6.45, 7) is 3.77. The number of hydrogen-bond acceptors (Lipinski definition) is 1. The van der Waals surface area contributed by atoms with Gasteiger partial charge >= 0.3 is 6.18 Å². The Balaban J connectivity index is 2.72. The van der Waals surface area contributed by atoms with Gasteiger partial charge in [-0.2, -0.15) is 13.2 Å². The Morgan fingerprint density at radius 2 is 1.89 bits per heavy atom. The van der Waals surface area contributed by atoms with E-state index in [0.29, 0.717) is 19.3 Å². The van der Waals surface area contributed by atoms with Crippen LogP contribution < -0.4 is 5.32 Å². The third kappa shape index (κ3) is 4.55. The molecule has 1 aliphatic carbocycles. The molecule has 6 heteroatoms. The summed E-state index contributed by atoms with van der Waals surface area (Å²) in [4.78, 5) is 12.1. The van der Waals surface area contributed by atoms with Crippen molar-refractivity contribution in [2.24, 2.45) is 17.8 Å². The van der Waals surface area contributed by atoms with E-state index >= 15 is 0 Å². The second kappa shape index (κ2) is 6.82. The van der Waals surface area contributed by atoms with Crippen molar-refractivity contribution in [3.05, 3.63) is 0 Å². The molecule has 0 bridgehead atoms. The van der Waals surface area contributed by atoms with E-state index in [1.54, 1.807) is 0 Å². The minimum atomic E-state index is -4.29. The van der Waals surface area contributed by atoms with Crippen LogP contribution in [0.25, 0.3) is 0 Å². The zero-order valence-electron chi connectivity index (χ0n) is 11.3. The molecule has 1 N–H and O–H groups in total. The Hall–Kier alpha value is -0.450. The van der Waals surface area contributed by atoms with E-state index in [1.165, 1.54) is 0 Å². The maximum absolute atomic E-state index is 12.9. The van der Waals surface area contributed by atoms with Crippen molar-refractivity contribution >= 4 is 17.5 Å². The van der Waals surface area contributed by atoms with Gasteiger partial charge < -0.3 is 5.32 Å². The van der Waals surface area contributed by atoms with Crippen molar-refractivity contribution in [3.8, 4) is 0 Å². The largest absolute Gasteiger partial charge is 0.392 e. The lowest BCUT2D eigenvalue weighted by Crippen LogP contribution is -2.47. The fourth-order valence-corrected chi connectivity index (χ4v) is 2.94. The Bertz CT molecular complexity index is 307. The number of nitrogens with one attached hydrogen (secondary N) is 1. The van der Waals surface area contributed by atoms with E-state index in [-0.39, 0.29) is 24.3 Å². The summed E-state index contributed by atoms with van der Waals surface area (Å²) in [6.07, 6.45) is -2.72. The molecule has 1 rings (SSSR count). The summed E-state index contributed by atoms with van der Waals surface area (Å²) < 4.78 is 38.8. The molecule has 0 aromatic carbocycles. The van der Waals surface area contributed by atoms with Gasteiger partial charge in [-0.1, -0.05) is 26.7 Å². The van der Waals surface area contributed by atoms with E-state index in [0.717, 1.165) is 0 Å². The molecule has 19 heavy (non-hydrogen) atoms. The van der Waals surface area contributed by atoms with Crippen LogP contribution in [0.5, 0.6) is 0 Å². The molecule has 0 aromatic heterocycles. The Labute approximate surface area is 117 Å². The van der Waals surface area contributed by atoms with E-state index in [2.05, 4.69) is 5.32 Å². The SMILES string of the molecule is CC(C)C(CCl)NC(=O)C1CCCCC1C(F)(F)F. The fraction of sp³-hybridized carbons (Fsp3) is 0.923. The molecule has 0 saturated heterocycles. The maximum atomic E-state index is 12.9. The van der Waals surface area contributed by atoms with Crippen LogP contribution in [0.15, 0.2) is 0 Å². The van der Waals surface area contributed by atoms with Crippen molar-refractivity contribution in [1.29, 1.82) is 0 Å². The van der Waals surface area contributed by atoms with Crippen molar-refractivity contribution in [1.82, 2.24) is 5.32 Å². The van der Waals surface area contributed by atoms with Crippen LogP contribution in [0.3, 0.4) is 0 Å². The second-order valence-electron chi connectivity index (χ2n) is 5.55. The zero-order chi connectivity index (χ0) is 14.6. The summed E-state index contributed by atoms with van der Waals surface area (Å²) in [5, 5.41) is 2.67. The summed E-state index contributed by atoms with van der Waals surface area (Å²) in [5.74, 6) is -2.65. The van der Waals surface area contributed by atoms with Crippen LogP contribution in [0.1, 0.15) is 39.5 Å². The number of hydrogen-bond donors (Lipinski definition) is 1. The number of carbonyl (C=O) groups is 1. The number of rotatable bonds is 4. The molecule has 1 saturated carbocycles. The third-order valence-electron chi connectivity index (χ3n) is 3.82. The monoisotopic (exact) mass is 299 g/mol. The molecule has 0 radical (unpaired) electrons. The smallest absolute Gasteiger partial charge is 0.352 e. The quantitative estimate of drug-likeness (QED) is 0.787. The van der Waals surface area contributed by atoms with Crippen molar-refractivity contribution in [2.75, 3.05) is 5.88 Å². The molecule has 112 valence electrons. The van der Waals surface area contributed by atoms with Crippen molar-refractivity contribution in [2.45, 2.75) is 51.7 Å². The van der Waals surface area contributed by atoms with E-state index < -0.39 is 23.9 Å². The average molecular weight is 300 g/mol. The first-order valence-electron chi connectivity index (χ1n) is 6.70. The summed E-state index contributed by atoms with van der Waals surface area (Å²) >= 11 is 5.73. The molecule has 0 spiro atoms. The Kier molecular flexibility index (Phi) is 5.96. The number of amides is 1. The summed E-state index contributed by atoms with van der Waals surface area (Å²) in [7, 11) is 0. The van der Waals surface area contributed by atoms with Crippen LogP contribution in [0.2, 0.25) is 0 Å². The van der Waals surface area contributed by atoms with Crippen molar-refractivity contribution < 1.29 is 18.0 Å². The molecule has 2 nitrogen and oxygen atoms in total. The van der Waals surface area contributed by atoms with E-state index in [4.69, 9.17) is 11.6 Å². The predicted molar refractivity (Wildman–Crippen MR) is 69.0 cm³/mol. The highest BCUT2D eigenvalue weighted by atomic mass is 35.5. The molecule has 3 unspecified atom stereocenters. The highest BCUT2D eigenvalue weighted by Crippen LogP contribution is 2.41. The first-order valence-corrected chi connectivity index (χ1v) is 7.23. The fourth-order valence-electron chi connectivity index (χ4n) is 2.51. The van der Waals surface area contributed by atoms with Gasteiger partial charge in [0.2, 0.25) is 5.91 Å². The summed E-state index contributed by atoms with van der Waals surface area (Å²) in [6, 6.07) is -0.273. The maximum Gasteiger partial charge on any atom is 0.392 e. The topological polar surface area (TPSA) is 29.1 Å². The first-order chi connectivity index (χ1) is 8.77. The van der Waals surface area contributed by atoms with Gasteiger partial charge in [-0.05, 0) is 18.8 Å². The molecule has 0 aliphatic heterocycles. The summed E-state index contributed by atoms with van der Waals surface area (Å²) in [5.41, 5.74) is 0. The van der Waals surface area contributed by atoms with E-state index in [1.807, 2.05) is 13.8 Å². The Morgan fingerprint density at radius 3 is 2.37 bits per heavy atom. The van der Waals surface area contributed by atoms with Crippen LogP contribution >= 0.6 is 11.6 Å². The third-order valence-corrected chi connectivity index (χ3v) is 4.15. The Morgan fingerprint density at radius 1 is 1.32 bits per heavy atom. The molecule has 1 fully saturated rings. The molecule has 3 atom stereocenters. The van der Waals surface area contributed by atoms with Gasteiger partial charge in [0.15, 0.2) is 0 Å².